The molecule has 4 nitrogen and oxygen atoms in total. The number of fused-ring (bicyclic) bond motifs is 6. The fraction of sp³-hybridized carbons (Fsp3) is 0. The first-order valence-corrected chi connectivity index (χ1v) is 16.4. The van der Waals surface area contributed by atoms with E-state index in [1.54, 1.807) is 0 Å². The molecule has 0 bridgehead atoms. The van der Waals surface area contributed by atoms with Crippen molar-refractivity contribution in [3.05, 3.63) is 164 Å². The lowest BCUT2D eigenvalue weighted by atomic mass is 9.95. The molecule has 10 rings (SSSR count). The van der Waals surface area contributed by atoms with Gasteiger partial charge in [0.1, 0.15) is 11.2 Å². The number of rotatable bonds is 4. The lowest BCUT2D eigenvalue weighted by molar-refractivity contribution is 0.671. The standard InChI is InChI=1S/C45H27N3O/c1-2-13-30(14-3-1)40-36-18-9-8-17-33(36)27-39-37-19-10-20-38(41(37)49-42(39)40)45-47-43(34-23-21-28-11-4-6-15-31(28)25-34)46-44(48-45)35-24-22-29-12-5-7-16-32(29)26-35/h1-27H. The molecule has 228 valence electrons. The quantitative estimate of drug-likeness (QED) is 0.195. The lowest BCUT2D eigenvalue weighted by Gasteiger charge is -2.10. The summed E-state index contributed by atoms with van der Waals surface area (Å²) in [5, 5.41) is 9.01. The van der Waals surface area contributed by atoms with Crippen LogP contribution in [0, 0.1) is 0 Å². The van der Waals surface area contributed by atoms with Crippen LogP contribution in [-0.2, 0) is 0 Å². The first kappa shape index (κ1) is 27.5. The molecule has 0 fully saturated rings. The summed E-state index contributed by atoms with van der Waals surface area (Å²) >= 11 is 0. The highest BCUT2D eigenvalue weighted by molar-refractivity contribution is 6.19. The Morgan fingerprint density at radius 3 is 1.55 bits per heavy atom. The Hall–Kier alpha value is -6.65. The average molecular weight is 626 g/mol. The van der Waals surface area contributed by atoms with Crippen LogP contribution in [0.3, 0.4) is 0 Å². The van der Waals surface area contributed by atoms with Gasteiger partial charge in [-0.2, -0.15) is 0 Å². The van der Waals surface area contributed by atoms with Gasteiger partial charge in [-0.3, -0.25) is 0 Å². The number of hydrogen-bond acceptors (Lipinski definition) is 4. The van der Waals surface area contributed by atoms with E-state index in [9.17, 15) is 0 Å². The average Bonchev–Trinajstić information content (AvgIpc) is 3.55. The summed E-state index contributed by atoms with van der Waals surface area (Å²) in [6.45, 7) is 0. The van der Waals surface area contributed by atoms with Gasteiger partial charge in [-0.25, -0.2) is 15.0 Å². The number of nitrogens with zero attached hydrogens (tertiary/aromatic N) is 3. The molecule has 0 atom stereocenters. The minimum atomic E-state index is 0.566. The third-order valence-electron chi connectivity index (χ3n) is 9.47. The van der Waals surface area contributed by atoms with Gasteiger partial charge < -0.3 is 4.42 Å². The van der Waals surface area contributed by atoms with Gasteiger partial charge >= 0.3 is 0 Å². The van der Waals surface area contributed by atoms with Gasteiger partial charge in [0.2, 0.25) is 0 Å². The van der Waals surface area contributed by atoms with Crippen molar-refractivity contribution < 1.29 is 4.42 Å². The van der Waals surface area contributed by atoms with Crippen LogP contribution in [-0.4, -0.2) is 15.0 Å². The topological polar surface area (TPSA) is 51.8 Å². The van der Waals surface area contributed by atoms with E-state index >= 15 is 0 Å². The van der Waals surface area contributed by atoms with Gasteiger partial charge in [-0.05, 0) is 62.1 Å². The van der Waals surface area contributed by atoms with Crippen molar-refractivity contribution in [1.29, 1.82) is 0 Å². The van der Waals surface area contributed by atoms with E-state index in [0.29, 0.717) is 17.5 Å². The van der Waals surface area contributed by atoms with E-state index in [-0.39, 0.29) is 0 Å². The van der Waals surface area contributed by atoms with Crippen LogP contribution in [0.25, 0.3) is 99.5 Å². The molecular formula is C45H27N3O. The molecular weight excluding hydrogens is 599 g/mol. The molecule has 0 N–H and O–H groups in total. The van der Waals surface area contributed by atoms with Crippen LogP contribution in [0.5, 0.6) is 0 Å². The fourth-order valence-electron chi connectivity index (χ4n) is 7.07. The fourth-order valence-corrected chi connectivity index (χ4v) is 7.07. The number of para-hydroxylation sites is 1. The van der Waals surface area contributed by atoms with Crippen LogP contribution in [0.15, 0.2) is 168 Å². The van der Waals surface area contributed by atoms with Crippen molar-refractivity contribution in [3.8, 4) is 45.3 Å². The minimum Gasteiger partial charge on any atom is -0.455 e. The first-order valence-electron chi connectivity index (χ1n) is 16.4. The second kappa shape index (κ2) is 11.0. The van der Waals surface area contributed by atoms with Crippen molar-refractivity contribution >= 4 is 54.3 Å². The maximum atomic E-state index is 6.94. The van der Waals surface area contributed by atoms with Crippen LogP contribution < -0.4 is 0 Å². The Labute approximate surface area is 282 Å². The Kier molecular flexibility index (Phi) is 6.15. The molecule has 49 heavy (non-hydrogen) atoms. The number of furan rings is 1. The zero-order valence-electron chi connectivity index (χ0n) is 26.3. The molecule has 0 spiro atoms. The highest BCUT2D eigenvalue weighted by atomic mass is 16.3. The number of benzene rings is 8. The van der Waals surface area contributed by atoms with Gasteiger partial charge in [0.05, 0.1) is 5.56 Å². The molecule has 0 radical (unpaired) electrons. The summed E-state index contributed by atoms with van der Waals surface area (Å²) in [6.07, 6.45) is 0. The summed E-state index contributed by atoms with van der Waals surface area (Å²) in [5.41, 5.74) is 6.49. The predicted octanol–water partition coefficient (Wildman–Crippen LogP) is 11.9. The van der Waals surface area contributed by atoms with Crippen molar-refractivity contribution in [2.24, 2.45) is 0 Å². The molecule has 10 aromatic rings. The van der Waals surface area contributed by atoms with Crippen molar-refractivity contribution in [2.45, 2.75) is 0 Å². The van der Waals surface area contributed by atoms with Crippen molar-refractivity contribution in [1.82, 2.24) is 15.0 Å². The largest absolute Gasteiger partial charge is 0.455 e. The van der Waals surface area contributed by atoms with Gasteiger partial charge in [0, 0.05) is 27.5 Å². The van der Waals surface area contributed by atoms with Crippen LogP contribution >= 0.6 is 0 Å². The third kappa shape index (κ3) is 4.57. The zero-order chi connectivity index (χ0) is 32.3. The molecule has 0 unspecified atom stereocenters. The smallest absolute Gasteiger partial charge is 0.167 e. The number of aromatic nitrogens is 3. The first-order chi connectivity index (χ1) is 24.3. The third-order valence-corrected chi connectivity index (χ3v) is 9.47. The monoisotopic (exact) mass is 625 g/mol. The minimum absolute atomic E-state index is 0.566. The SMILES string of the molecule is c1ccc(-c2c3ccccc3cc3c2oc2c(-c4nc(-c5ccc6ccccc6c5)nc(-c5ccc6ccccc6c5)n4)cccc23)cc1. The van der Waals surface area contributed by atoms with E-state index in [0.717, 1.165) is 65.9 Å². The molecule has 0 aliphatic heterocycles. The highest BCUT2D eigenvalue weighted by Crippen LogP contribution is 2.43. The molecule has 0 aliphatic carbocycles. The van der Waals surface area contributed by atoms with E-state index in [4.69, 9.17) is 19.4 Å². The summed E-state index contributed by atoms with van der Waals surface area (Å²) < 4.78 is 6.94. The maximum absolute atomic E-state index is 6.94. The highest BCUT2D eigenvalue weighted by Gasteiger charge is 2.21. The van der Waals surface area contributed by atoms with E-state index < -0.39 is 0 Å². The summed E-state index contributed by atoms with van der Waals surface area (Å²) in [7, 11) is 0. The number of hydrogen-bond donors (Lipinski definition) is 0. The zero-order valence-corrected chi connectivity index (χ0v) is 26.3. The lowest BCUT2D eigenvalue weighted by Crippen LogP contribution is -2.00. The second-order valence-electron chi connectivity index (χ2n) is 12.4. The summed E-state index contributed by atoms with van der Waals surface area (Å²) in [6, 6.07) is 56.9. The van der Waals surface area contributed by atoms with Crippen LogP contribution in [0.1, 0.15) is 0 Å². The Morgan fingerprint density at radius 1 is 0.327 bits per heavy atom. The van der Waals surface area contributed by atoms with Crippen LogP contribution in [0.4, 0.5) is 0 Å². The van der Waals surface area contributed by atoms with Crippen molar-refractivity contribution in [2.75, 3.05) is 0 Å². The van der Waals surface area contributed by atoms with Gasteiger partial charge in [0.15, 0.2) is 17.5 Å². The summed E-state index contributed by atoms with van der Waals surface area (Å²) in [4.78, 5) is 15.4. The molecule has 4 heteroatoms. The normalized spacial score (nSPS) is 11.7. The molecule has 2 aromatic heterocycles. The van der Waals surface area contributed by atoms with E-state index in [1.165, 1.54) is 16.2 Å². The molecule has 0 aliphatic rings. The Bertz CT molecular complexity index is 2790. The Balaban J connectivity index is 1.25. The predicted molar refractivity (Wildman–Crippen MR) is 201 cm³/mol. The van der Waals surface area contributed by atoms with E-state index in [1.807, 2.05) is 6.07 Å². The van der Waals surface area contributed by atoms with Crippen molar-refractivity contribution in [3.63, 3.8) is 0 Å². The second-order valence-corrected chi connectivity index (χ2v) is 12.4. The Morgan fingerprint density at radius 2 is 0.878 bits per heavy atom. The van der Waals surface area contributed by atoms with Crippen LogP contribution in [0.2, 0.25) is 0 Å². The molecule has 2 heterocycles. The van der Waals surface area contributed by atoms with Gasteiger partial charge in [-0.15, -0.1) is 0 Å². The molecule has 0 saturated carbocycles. The molecule has 0 amide bonds. The van der Waals surface area contributed by atoms with Gasteiger partial charge in [-0.1, -0.05) is 140 Å². The maximum Gasteiger partial charge on any atom is 0.167 e. The molecule has 0 saturated heterocycles. The van der Waals surface area contributed by atoms with E-state index in [2.05, 4.69) is 158 Å². The van der Waals surface area contributed by atoms with Gasteiger partial charge in [0.25, 0.3) is 0 Å². The molecule has 8 aromatic carbocycles. The summed E-state index contributed by atoms with van der Waals surface area (Å²) in [5.74, 6) is 1.79.